The highest BCUT2D eigenvalue weighted by molar-refractivity contribution is 5.98. The number of phenolic OH excluding ortho intramolecular Hbond substituents is 1. The number of aliphatic hydroxyl groups excluding tert-OH is 1. The maximum Gasteiger partial charge on any atom is 0.146 e. The number of rotatable bonds is 5. The number of piperidine rings is 1. The summed E-state index contributed by atoms with van der Waals surface area (Å²) >= 11 is 0. The fraction of sp³-hybridized carbons (Fsp3) is 0.700. The van der Waals surface area contributed by atoms with Gasteiger partial charge < -0.3 is 14.6 Å². The van der Waals surface area contributed by atoms with Crippen molar-refractivity contribution >= 4 is 10.5 Å². The molecule has 0 amide bonds. The van der Waals surface area contributed by atoms with Crippen molar-refractivity contribution in [3.05, 3.63) is 29.8 Å². The van der Waals surface area contributed by atoms with Crippen LogP contribution in [0.2, 0.25) is 0 Å². The number of aromatic hydroxyl groups is 1. The Morgan fingerprint density at radius 1 is 1.08 bits per heavy atom. The molecule has 1 heterocycles. The monoisotopic (exact) mass is 365 g/mol. The number of aliphatic hydroxyl groups is 1. The van der Waals surface area contributed by atoms with E-state index in [0.717, 1.165) is 12.1 Å². The molecule has 2 N–H and O–H groups in total. The molecule has 3 atom stereocenters. The second-order valence-electron chi connectivity index (χ2n) is 8.28. The van der Waals surface area contributed by atoms with Crippen molar-refractivity contribution in [1.82, 2.24) is 4.90 Å². The van der Waals surface area contributed by atoms with Crippen LogP contribution in [0.5, 0.6) is 5.75 Å². The SMILES string of the molecule is CC(C)N1C[C@@H](O[SiH3])[C@H](c2ccc(O)cc2)[C@@H](O)C1(C(C)C)C(C)C. The lowest BCUT2D eigenvalue weighted by atomic mass is 9.62. The normalized spacial score (nSPS) is 27.5. The first-order valence-corrected chi connectivity index (χ1v) is 10.3. The topological polar surface area (TPSA) is 52.9 Å². The minimum absolute atomic E-state index is 0.0285. The van der Waals surface area contributed by atoms with Crippen LogP contribution in [0.4, 0.5) is 0 Å². The fourth-order valence-electron chi connectivity index (χ4n) is 5.11. The van der Waals surface area contributed by atoms with Gasteiger partial charge in [-0.15, -0.1) is 0 Å². The Hall–Kier alpha value is -0.883. The molecule has 142 valence electrons. The van der Waals surface area contributed by atoms with E-state index < -0.39 is 6.10 Å². The Bertz CT molecular complexity index is 551. The maximum absolute atomic E-state index is 11.7. The van der Waals surface area contributed by atoms with E-state index in [0.29, 0.717) is 28.4 Å². The highest BCUT2D eigenvalue weighted by Gasteiger charge is 2.57. The molecule has 0 bridgehead atoms. The van der Waals surface area contributed by atoms with Gasteiger partial charge in [0.25, 0.3) is 0 Å². The average Bonchev–Trinajstić information content (AvgIpc) is 2.54. The molecule has 0 aliphatic carbocycles. The van der Waals surface area contributed by atoms with Crippen LogP contribution in [0, 0.1) is 11.8 Å². The molecular weight excluding hydrogens is 330 g/mol. The van der Waals surface area contributed by atoms with Crippen molar-refractivity contribution in [2.45, 2.75) is 71.2 Å². The number of likely N-dealkylation sites (tertiary alicyclic amines) is 1. The van der Waals surface area contributed by atoms with Crippen molar-refractivity contribution in [1.29, 1.82) is 0 Å². The number of hydrogen-bond acceptors (Lipinski definition) is 4. The molecule has 5 heteroatoms. The summed E-state index contributed by atoms with van der Waals surface area (Å²) in [6.45, 7) is 14.1. The lowest BCUT2D eigenvalue weighted by Crippen LogP contribution is -2.72. The zero-order valence-electron chi connectivity index (χ0n) is 16.7. The molecule has 0 saturated carbocycles. The summed E-state index contributed by atoms with van der Waals surface area (Å²) < 4.78 is 5.97. The number of nitrogens with zero attached hydrogens (tertiary/aromatic N) is 1. The molecule has 0 aromatic heterocycles. The number of phenols is 1. The van der Waals surface area contributed by atoms with Gasteiger partial charge in [-0.25, -0.2) is 0 Å². The third kappa shape index (κ3) is 3.39. The zero-order valence-corrected chi connectivity index (χ0v) is 18.7. The predicted molar refractivity (Wildman–Crippen MR) is 106 cm³/mol. The van der Waals surface area contributed by atoms with Crippen molar-refractivity contribution < 1.29 is 14.6 Å². The summed E-state index contributed by atoms with van der Waals surface area (Å²) in [5.74, 6) is 0.775. The first-order chi connectivity index (χ1) is 11.7. The van der Waals surface area contributed by atoms with Crippen LogP contribution in [0.15, 0.2) is 24.3 Å². The van der Waals surface area contributed by atoms with Crippen molar-refractivity contribution in [2.75, 3.05) is 6.54 Å². The Balaban J connectivity index is 2.59. The highest BCUT2D eigenvalue weighted by Crippen LogP contribution is 2.48. The third-order valence-electron chi connectivity index (χ3n) is 6.14. The third-order valence-corrected chi connectivity index (χ3v) is 6.75. The van der Waals surface area contributed by atoms with Crippen LogP contribution < -0.4 is 0 Å². The van der Waals surface area contributed by atoms with E-state index in [4.69, 9.17) is 4.43 Å². The highest BCUT2D eigenvalue weighted by atomic mass is 28.2. The van der Waals surface area contributed by atoms with Crippen LogP contribution >= 0.6 is 0 Å². The molecule has 1 saturated heterocycles. The standard InChI is InChI=1S/C20H35NO3Si/c1-12(2)20(13(3)4)19(23)18(15-7-9-16(22)10-8-15)17(24-25)11-21(20)14(5)6/h7-10,12-14,17-19,22-23H,11H2,1-6,25H3/t17-,18+,19-/m1/s1. The number of benzene rings is 1. The van der Waals surface area contributed by atoms with Crippen molar-refractivity contribution in [2.24, 2.45) is 11.8 Å². The van der Waals surface area contributed by atoms with Crippen LogP contribution in [-0.2, 0) is 4.43 Å². The van der Waals surface area contributed by atoms with E-state index >= 15 is 0 Å². The van der Waals surface area contributed by atoms with Gasteiger partial charge in [-0.2, -0.15) is 0 Å². The van der Waals surface area contributed by atoms with E-state index in [9.17, 15) is 10.2 Å². The molecule has 1 aromatic carbocycles. The predicted octanol–water partition coefficient (Wildman–Crippen LogP) is 2.28. The van der Waals surface area contributed by atoms with Gasteiger partial charge in [0.2, 0.25) is 0 Å². The lowest BCUT2D eigenvalue weighted by Gasteiger charge is -2.61. The minimum Gasteiger partial charge on any atom is -0.508 e. The van der Waals surface area contributed by atoms with Gasteiger partial charge in [0.05, 0.1) is 17.7 Å². The van der Waals surface area contributed by atoms with Crippen LogP contribution in [0.25, 0.3) is 0 Å². The molecular formula is C20H35NO3Si. The van der Waals surface area contributed by atoms with E-state index in [1.54, 1.807) is 12.1 Å². The van der Waals surface area contributed by atoms with Crippen LogP contribution in [0.3, 0.4) is 0 Å². The summed E-state index contributed by atoms with van der Waals surface area (Å²) in [7, 11) is 0.636. The summed E-state index contributed by atoms with van der Waals surface area (Å²) in [6, 6.07) is 7.58. The summed E-state index contributed by atoms with van der Waals surface area (Å²) in [5.41, 5.74) is 0.730. The van der Waals surface area contributed by atoms with Crippen molar-refractivity contribution in [3.63, 3.8) is 0 Å². The first kappa shape index (κ1) is 20.4. The molecule has 0 unspecified atom stereocenters. The Morgan fingerprint density at radius 2 is 1.60 bits per heavy atom. The smallest absolute Gasteiger partial charge is 0.146 e. The second-order valence-corrected chi connectivity index (χ2v) is 8.75. The first-order valence-electron chi connectivity index (χ1n) is 9.44. The quantitative estimate of drug-likeness (QED) is 0.786. The minimum atomic E-state index is -0.535. The van der Waals surface area contributed by atoms with Gasteiger partial charge in [0, 0.05) is 18.5 Å². The van der Waals surface area contributed by atoms with Crippen molar-refractivity contribution in [3.8, 4) is 5.75 Å². The van der Waals surface area contributed by atoms with Gasteiger partial charge >= 0.3 is 0 Å². The van der Waals surface area contributed by atoms with E-state index in [1.807, 2.05) is 12.1 Å². The molecule has 1 aliphatic heterocycles. The Labute approximate surface area is 155 Å². The molecule has 0 radical (unpaired) electrons. The maximum atomic E-state index is 11.7. The fourth-order valence-corrected chi connectivity index (χ4v) is 5.55. The van der Waals surface area contributed by atoms with E-state index in [2.05, 4.69) is 46.4 Å². The van der Waals surface area contributed by atoms with Gasteiger partial charge in [-0.05, 0) is 43.4 Å². The summed E-state index contributed by atoms with van der Waals surface area (Å²) in [6.07, 6.45) is -0.564. The molecule has 0 spiro atoms. The molecule has 1 aliphatic rings. The average molecular weight is 366 g/mol. The number of hydrogen-bond donors (Lipinski definition) is 2. The van der Waals surface area contributed by atoms with Crippen LogP contribution in [0.1, 0.15) is 53.0 Å². The van der Waals surface area contributed by atoms with Gasteiger partial charge in [-0.1, -0.05) is 39.8 Å². The summed E-state index contributed by atoms with van der Waals surface area (Å²) in [5, 5.41) is 21.3. The molecule has 1 fully saturated rings. The molecule has 1 aromatic rings. The van der Waals surface area contributed by atoms with Gasteiger partial charge in [0.1, 0.15) is 16.2 Å². The van der Waals surface area contributed by atoms with Gasteiger partial charge in [0.15, 0.2) is 0 Å². The second kappa shape index (κ2) is 7.78. The Kier molecular flexibility index (Phi) is 6.36. The largest absolute Gasteiger partial charge is 0.508 e. The summed E-state index contributed by atoms with van der Waals surface area (Å²) in [4.78, 5) is 2.46. The molecule has 25 heavy (non-hydrogen) atoms. The lowest BCUT2D eigenvalue weighted by molar-refractivity contribution is -0.167. The van der Waals surface area contributed by atoms with E-state index in [1.165, 1.54) is 0 Å². The van der Waals surface area contributed by atoms with Gasteiger partial charge in [-0.3, -0.25) is 4.90 Å². The molecule has 2 rings (SSSR count). The molecule has 4 nitrogen and oxygen atoms in total. The zero-order chi connectivity index (χ0) is 18.9. The van der Waals surface area contributed by atoms with E-state index in [-0.39, 0.29) is 23.3 Å². The Morgan fingerprint density at radius 3 is 2.00 bits per heavy atom. The van der Waals surface area contributed by atoms with Crippen LogP contribution in [-0.4, -0.2) is 55.9 Å².